The molecular weight excluding hydrogens is 248 g/mol. The number of ether oxygens (including phenoxy) is 1. The predicted molar refractivity (Wildman–Crippen MR) is 82.1 cm³/mol. The van der Waals surface area contributed by atoms with Gasteiger partial charge in [0.15, 0.2) is 0 Å². The lowest BCUT2D eigenvalue weighted by Crippen LogP contribution is -2.42. The van der Waals surface area contributed by atoms with E-state index in [0.717, 1.165) is 11.7 Å². The van der Waals surface area contributed by atoms with Crippen molar-refractivity contribution in [3.05, 3.63) is 30.3 Å². The number of nitrogens with one attached hydrogen (secondary N) is 1. The van der Waals surface area contributed by atoms with Gasteiger partial charge in [0.1, 0.15) is 11.9 Å². The Bertz CT molecular complexity index is 381. The molecule has 0 spiro atoms. The van der Waals surface area contributed by atoms with Crippen LogP contribution in [0.15, 0.2) is 30.3 Å². The van der Waals surface area contributed by atoms with Gasteiger partial charge in [-0.05, 0) is 56.8 Å². The minimum absolute atomic E-state index is 0.404. The van der Waals surface area contributed by atoms with Gasteiger partial charge in [0.2, 0.25) is 0 Å². The third-order valence-corrected chi connectivity index (χ3v) is 4.56. The van der Waals surface area contributed by atoms with Crippen molar-refractivity contribution < 1.29 is 4.74 Å². The number of para-hydroxylation sites is 1. The van der Waals surface area contributed by atoms with E-state index in [1.54, 1.807) is 0 Å². The van der Waals surface area contributed by atoms with Crippen LogP contribution in [0.5, 0.6) is 5.75 Å². The molecule has 110 valence electrons. The van der Waals surface area contributed by atoms with Crippen molar-refractivity contribution in [2.45, 2.75) is 31.8 Å². The quantitative estimate of drug-likeness (QED) is 0.913. The fraction of sp³-hybridized carbons (Fsp3) is 0.647. The summed E-state index contributed by atoms with van der Waals surface area (Å²) in [6.45, 7) is 6.10. The zero-order valence-corrected chi connectivity index (χ0v) is 12.3. The summed E-state index contributed by atoms with van der Waals surface area (Å²) in [4.78, 5) is 2.64. The summed E-state index contributed by atoms with van der Waals surface area (Å²) in [5, 5.41) is 3.45. The van der Waals surface area contributed by atoms with Crippen molar-refractivity contribution in [1.29, 1.82) is 0 Å². The lowest BCUT2D eigenvalue weighted by molar-refractivity contribution is 0.0873. The zero-order chi connectivity index (χ0) is 13.6. The molecule has 2 aliphatic heterocycles. The van der Waals surface area contributed by atoms with E-state index in [2.05, 4.69) is 22.3 Å². The lowest BCUT2D eigenvalue weighted by atomic mass is 9.96. The van der Waals surface area contributed by atoms with Gasteiger partial charge in [0.25, 0.3) is 0 Å². The van der Waals surface area contributed by atoms with E-state index in [9.17, 15) is 0 Å². The van der Waals surface area contributed by atoms with Crippen molar-refractivity contribution in [2.24, 2.45) is 5.92 Å². The monoisotopic (exact) mass is 274 g/mol. The predicted octanol–water partition coefficient (Wildman–Crippen LogP) is 2.53. The highest BCUT2D eigenvalue weighted by Crippen LogP contribution is 2.21. The van der Waals surface area contributed by atoms with Gasteiger partial charge in [-0.3, -0.25) is 0 Å². The molecule has 3 heteroatoms. The molecule has 2 aliphatic rings. The van der Waals surface area contributed by atoms with Gasteiger partial charge in [0.05, 0.1) is 0 Å². The molecule has 3 rings (SSSR count). The molecule has 3 nitrogen and oxygen atoms in total. The Morgan fingerprint density at radius 1 is 1.00 bits per heavy atom. The minimum atomic E-state index is 0.404. The smallest absolute Gasteiger partial charge is 0.119 e. The molecule has 2 heterocycles. The third kappa shape index (κ3) is 3.97. The lowest BCUT2D eigenvalue weighted by Gasteiger charge is -2.35. The van der Waals surface area contributed by atoms with Crippen LogP contribution in [0, 0.1) is 5.92 Å². The van der Waals surface area contributed by atoms with E-state index < -0.39 is 0 Å². The highest BCUT2D eigenvalue weighted by molar-refractivity contribution is 5.21. The summed E-state index contributed by atoms with van der Waals surface area (Å²) in [7, 11) is 0. The van der Waals surface area contributed by atoms with Gasteiger partial charge >= 0.3 is 0 Å². The number of hydrogen-bond donors (Lipinski definition) is 1. The number of hydrogen-bond acceptors (Lipinski definition) is 3. The van der Waals surface area contributed by atoms with Crippen LogP contribution in [0.4, 0.5) is 0 Å². The molecule has 0 amide bonds. The van der Waals surface area contributed by atoms with Gasteiger partial charge in [-0.15, -0.1) is 0 Å². The van der Waals surface area contributed by atoms with Crippen LogP contribution in [-0.2, 0) is 0 Å². The summed E-state index contributed by atoms with van der Waals surface area (Å²) in [6, 6.07) is 10.2. The fourth-order valence-corrected chi connectivity index (χ4v) is 3.33. The van der Waals surface area contributed by atoms with Gasteiger partial charge in [-0.1, -0.05) is 18.2 Å². The van der Waals surface area contributed by atoms with Gasteiger partial charge in [-0.25, -0.2) is 0 Å². The Morgan fingerprint density at radius 2 is 1.70 bits per heavy atom. The van der Waals surface area contributed by atoms with E-state index in [1.165, 1.54) is 58.4 Å². The Hall–Kier alpha value is -1.06. The molecule has 1 aromatic rings. The average molecular weight is 274 g/mol. The van der Waals surface area contributed by atoms with Crippen LogP contribution >= 0.6 is 0 Å². The van der Waals surface area contributed by atoms with Crippen LogP contribution in [0.2, 0.25) is 0 Å². The van der Waals surface area contributed by atoms with E-state index in [1.807, 2.05) is 18.2 Å². The number of likely N-dealkylation sites (tertiary alicyclic amines) is 1. The van der Waals surface area contributed by atoms with Crippen LogP contribution in [0.3, 0.4) is 0 Å². The summed E-state index contributed by atoms with van der Waals surface area (Å²) >= 11 is 0. The molecule has 20 heavy (non-hydrogen) atoms. The molecule has 2 fully saturated rings. The summed E-state index contributed by atoms with van der Waals surface area (Å²) in [5.41, 5.74) is 0. The normalized spacial score (nSPS) is 22.8. The van der Waals surface area contributed by atoms with Crippen LogP contribution in [0.1, 0.15) is 25.7 Å². The molecule has 2 saturated heterocycles. The zero-order valence-electron chi connectivity index (χ0n) is 12.3. The fourth-order valence-electron chi connectivity index (χ4n) is 3.33. The van der Waals surface area contributed by atoms with Crippen molar-refractivity contribution in [1.82, 2.24) is 10.2 Å². The first-order valence-corrected chi connectivity index (χ1v) is 8.05. The number of benzene rings is 1. The van der Waals surface area contributed by atoms with Crippen LogP contribution in [0.25, 0.3) is 0 Å². The van der Waals surface area contributed by atoms with Gasteiger partial charge < -0.3 is 15.0 Å². The summed E-state index contributed by atoms with van der Waals surface area (Å²) in [5.74, 6) is 1.92. The van der Waals surface area contributed by atoms with E-state index in [4.69, 9.17) is 4.74 Å². The van der Waals surface area contributed by atoms with Crippen molar-refractivity contribution in [2.75, 3.05) is 32.7 Å². The Labute approximate surface area is 122 Å². The van der Waals surface area contributed by atoms with E-state index in [-0.39, 0.29) is 0 Å². The van der Waals surface area contributed by atoms with E-state index >= 15 is 0 Å². The van der Waals surface area contributed by atoms with Gasteiger partial charge in [0, 0.05) is 19.6 Å². The molecule has 1 aromatic carbocycles. The Kier molecular flexibility index (Phi) is 4.93. The van der Waals surface area contributed by atoms with Crippen molar-refractivity contribution >= 4 is 0 Å². The molecule has 0 radical (unpaired) electrons. The number of nitrogens with zero attached hydrogens (tertiary/aromatic N) is 1. The van der Waals surface area contributed by atoms with Crippen molar-refractivity contribution in [3.8, 4) is 5.75 Å². The van der Waals surface area contributed by atoms with E-state index in [0.29, 0.717) is 6.10 Å². The Morgan fingerprint density at radius 3 is 2.40 bits per heavy atom. The Balaban J connectivity index is 1.40. The maximum atomic E-state index is 6.06. The first kappa shape index (κ1) is 13.9. The topological polar surface area (TPSA) is 24.5 Å². The van der Waals surface area contributed by atoms with Crippen molar-refractivity contribution in [3.63, 3.8) is 0 Å². The second kappa shape index (κ2) is 7.09. The molecule has 0 aliphatic carbocycles. The maximum Gasteiger partial charge on any atom is 0.119 e. The van der Waals surface area contributed by atoms with Crippen LogP contribution < -0.4 is 10.1 Å². The first-order chi connectivity index (χ1) is 9.90. The SMILES string of the molecule is c1ccc(OC2CCN(CC3CCNCC3)CC2)cc1. The third-order valence-electron chi connectivity index (χ3n) is 4.56. The molecule has 0 unspecified atom stereocenters. The highest BCUT2D eigenvalue weighted by atomic mass is 16.5. The molecule has 0 saturated carbocycles. The molecular formula is C17H26N2O. The molecule has 0 atom stereocenters. The molecule has 1 N–H and O–H groups in total. The van der Waals surface area contributed by atoms with Gasteiger partial charge in [-0.2, -0.15) is 0 Å². The molecule has 0 aromatic heterocycles. The highest BCUT2D eigenvalue weighted by Gasteiger charge is 2.23. The second-order valence-electron chi connectivity index (χ2n) is 6.12. The second-order valence-corrected chi connectivity index (χ2v) is 6.12. The summed E-state index contributed by atoms with van der Waals surface area (Å²) < 4.78 is 6.06. The van der Waals surface area contributed by atoms with Crippen LogP contribution in [-0.4, -0.2) is 43.7 Å². The number of rotatable bonds is 4. The first-order valence-electron chi connectivity index (χ1n) is 8.05. The maximum absolute atomic E-state index is 6.06. The number of piperidine rings is 2. The standard InChI is InChI=1S/C17H26N2O/c1-2-4-16(5-3-1)20-17-8-12-19(13-9-17)14-15-6-10-18-11-7-15/h1-5,15,17-18H,6-14H2. The average Bonchev–Trinajstić information content (AvgIpc) is 2.51. The largest absolute Gasteiger partial charge is 0.490 e. The minimum Gasteiger partial charge on any atom is -0.490 e. The molecule has 0 bridgehead atoms. The summed E-state index contributed by atoms with van der Waals surface area (Å²) in [6.07, 6.45) is 5.43.